The number of ether oxygens (including phenoxy) is 1. The third-order valence-electron chi connectivity index (χ3n) is 6.31. The summed E-state index contributed by atoms with van der Waals surface area (Å²) in [6.07, 6.45) is 0.946. The summed E-state index contributed by atoms with van der Waals surface area (Å²) in [6.45, 7) is 8.37. The molecule has 1 aromatic carbocycles. The van der Waals surface area contributed by atoms with E-state index in [-0.39, 0.29) is 26.9 Å². The number of benzene rings is 1. The van der Waals surface area contributed by atoms with Gasteiger partial charge in [-0.15, -0.1) is 0 Å². The van der Waals surface area contributed by atoms with E-state index in [1.54, 1.807) is 49.7 Å². The number of carbonyl (C=O) groups is 1. The Morgan fingerprint density at radius 3 is 2.48 bits per heavy atom. The van der Waals surface area contributed by atoms with Gasteiger partial charge in [0.15, 0.2) is 11.6 Å². The van der Waals surface area contributed by atoms with Gasteiger partial charge < -0.3 is 20.0 Å². The van der Waals surface area contributed by atoms with Crippen molar-refractivity contribution in [2.24, 2.45) is 0 Å². The van der Waals surface area contributed by atoms with Crippen LogP contribution in [0.3, 0.4) is 0 Å². The maximum atomic E-state index is 14.9. The normalized spacial score (nSPS) is 15.0. The van der Waals surface area contributed by atoms with Crippen molar-refractivity contribution in [1.29, 1.82) is 0 Å². The quantitative estimate of drug-likeness (QED) is 0.342. The summed E-state index contributed by atoms with van der Waals surface area (Å²) in [5.74, 6) is -0.0897. The highest BCUT2D eigenvalue weighted by molar-refractivity contribution is 6.35. The van der Waals surface area contributed by atoms with E-state index in [0.717, 1.165) is 0 Å². The molecular weight excluding hydrogens is 562 g/mol. The third kappa shape index (κ3) is 5.46. The van der Waals surface area contributed by atoms with Crippen LogP contribution in [-0.4, -0.2) is 67.4 Å². The summed E-state index contributed by atoms with van der Waals surface area (Å²) in [5.41, 5.74) is -0.311. The molecule has 1 atom stereocenters. The van der Waals surface area contributed by atoms with Crippen LogP contribution >= 0.6 is 23.2 Å². The van der Waals surface area contributed by atoms with Crippen LogP contribution in [-0.2, 0) is 4.74 Å². The summed E-state index contributed by atoms with van der Waals surface area (Å²) >= 11 is 12.5. The van der Waals surface area contributed by atoms with Gasteiger partial charge in [0, 0.05) is 13.1 Å². The highest BCUT2D eigenvalue weighted by Gasteiger charge is 2.30. The maximum absolute atomic E-state index is 14.9. The van der Waals surface area contributed by atoms with Gasteiger partial charge in [-0.05, 0) is 52.0 Å². The average molecular weight is 589 g/mol. The molecule has 3 aromatic heterocycles. The topological polar surface area (TPSA) is 118 Å². The second-order valence-electron chi connectivity index (χ2n) is 10.4. The van der Waals surface area contributed by atoms with Gasteiger partial charge in [0.2, 0.25) is 0 Å². The molecule has 1 N–H and O–H groups in total. The number of amides is 1. The van der Waals surface area contributed by atoms with Crippen LogP contribution in [0.4, 0.5) is 15.0 Å². The van der Waals surface area contributed by atoms with E-state index in [1.807, 2.05) is 0 Å². The van der Waals surface area contributed by atoms with E-state index >= 15 is 0 Å². The number of nitrogens with zero attached hydrogens (tertiary/aromatic N) is 7. The number of carbonyl (C=O) groups excluding carboxylic acids is 1. The van der Waals surface area contributed by atoms with Gasteiger partial charge in [-0.2, -0.15) is 0 Å². The first kappa shape index (κ1) is 27.8. The second-order valence-corrected chi connectivity index (χ2v) is 11.1. The number of aromatic nitrogens is 5. The Bertz CT molecular complexity index is 1670. The standard InChI is InChI=1S/C26H27Cl2FN8O3/c1-14(32-22-21-17(30-13-31-22)7-8-18(28)33-21)23-34-20-16(29)6-5-15(27)19(20)24(38)37(23)36-11-9-35(10-12-36)25(39)40-26(2,3)4/h5-8,13-14H,9-12H2,1-4H3,(H,30,31,32)/t14-/m0/s1. The predicted molar refractivity (Wildman–Crippen MR) is 151 cm³/mol. The van der Waals surface area contributed by atoms with Crippen molar-refractivity contribution >= 4 is 57.0 Å². The first-order valence-corrected chi connectivity index (χ1v) is 13.4. The van der Waals surface area contributed by atoms with E-state index in [9.17, 15) is 14.0 Å². The minimum Gasteiger partial charge on any atom is -0.444 e. The van der Waals surface area contributed by atoms with Gasteiger partial charge in [0.1, 0.15) is 33.9 Å². The SMILES string of the molecule is C[C@H](Nc1ncnc2ccc(Cl)nc12)c1nc2c(F)ccc(Cl)c2c(=O)n1N1CCN(C(=O)OC(C)(C)C)CC1. The molecule has 1 saturated heterocycles. The number of rotatable bonds is 4. The van der Waals surface area contributed by atoms with Crippen molar-refractivity contribution in [2.75, 3.05) is 36.5 Å². The fourth-order valence-corrected chi connectivity index (χ4v) is 4.86. The molecule has 4 heterocycles. The van der Waals surface area contributed by atoms with Crippen molar-refractivity contribution in [3.8, 4) is 0 Å². The fourth-order valence-electron chi connectivity index (χ4n) is 4.48. The summed E-state index contributed by atoms with van der Waals surface area (Å²) in [6, 6.07) is 5.19. The van der Waals surface area contributed by atoms with Gasteiger partial charge in [-0.3, -0.25) is 4.79 Å². The largest absolute Gasteiger partial charge is 0.444 e. The molecule has 1 fully saturated rings. The number of piperazine rings is 1. The molecular formula is C26H27Cl2FN8O3. The number of fused-ring (bicyclic) bond motifs is 2. The van der Waals surface area contributed by atoms with Crippen LogP contribution < -0.4 is 15.9 Å². The third-order valence-corrected chi connectivity index (χ3v) is 6.83. The van der Waals surface area contributed by atoms with Gasteiger partial charge in [-0.1, -0.05) is 23.2 Å². The molecule has 1 aliphatic rings. The summed E-state index contributed by atoms with van der Waals surface area (Å²) in [7, 11) is 0. The summed E-state index contributed by atoms with van der Waals surface area (Å²) < 4.78 is 21.8. The van der Waals surface area contributed by atoms with Crippen LogP contribution in [0.25, 0.3) is 21.9 Å². The van der Waals surface area contributed by atoms with E-state index in [1.165, 1.54) is 23.1 Å². The van der Waals surface area contributed by atoms with Crippen molar-refractivity contribution in [2.45, 2.75) is 39.3 Å². The minimum atomic E-state index is -0.673. The van der Waals surface area contributed by atoms with Crippen molar-refractivity contribution in [3.63, 3.8) is 0 Å². The van der Waals surface area contributed by atoms with Crippen LogP contribution in [0.15, 0.2) is 35.4 Å². The Morgan fingerprint density at radius 2 is 1.77 bits per heavy atom. The predicted octanol–water partition coefficient (Wildman–Crippen LogP) is 4.54. The van der Waals surface area contributed by atoms with Gasteiger partial charge >= 0.3 is 6.09 Å². The Hall–Kier alpha value is -3.77. The Kier molecular flexibility index (Phi) is 7.40. The molecule has 1 amide bonds. The van der Waals surface area contributed by atoms with E-state index in [0.29, 0.717) is 43.0 Å². The molecule has 0 aliphatic carbocycles. The monoisotopic (exact) mass is 588 g/mol. The van der Waals surface area contributed by atoms with Crippen LogP contribution in [0.5, 0.6) is 0 Å². The van der Waals surface area contributed by atoms with Crippen molar-refractivity contribution in [3.05, 3.63) is 62.8 Å². The zero-order chi connectivity index (χ0) is 28.8. The van der Waals surface area contributed by atoms with Crippen LogP contribution in [0, 0.1) is 5.82 Å². The van der Waals surface area contributed by atoms with E-state index < -0.39 is 29.1 Å². The smallest absolute Gasteiger partial charge is 0.410 e. The molecule has 0 unspecified atom stereocenters. The first-order valence-electron chi connectivity index (χ1n) is 12.6. The zero-order valence-electron chi connectivity index (χ0n) is 22.3. The van der Waals surface area contributed by atoms with E-state index in [2.05, 4.69) is 25.3 Å². The molecule has 11 nitrogen and oxygen atoms in total. The first-order chi connectivity index (χ1) is 18.9. The molecule has 0 spiro atoms. The number of halogens is 3. The number of hydrogen-bond acceptors (Lipinski definition) is 9. The lowest BCUT2D eigenvalue weighted by Gasteiger charge is -2.38. The van der Waals surface area contributed by atoms with Crippen LogP contribution in [0.2, 0.25) is 10.2 Å². The summed E-state index contributed by atoms with van der Waals surface area (Å²) in [4.78, 5) is 45.5. The van der Waals surface area contributed by atoms with Gasteiger partial charge in [-0.25, -0.2) is 33.8 Å². The fraction of sp³-hybridized carbons (Fsp3) is 0.385. The lowest BCUT2D eigenvalue weighted by molar-refractivity contribution is 0.0231. The Labute approximate surface area is 238 Å². The molecule has 1 aliphatic heterocycles. The number of hydrogen-bond donors (Lipinski definition) is 1. The Balaban J connectivity index is 1.55. The highest BCUT2D eigenvalue weighted by Crippen LogP contribution is 2.27. The van der Waals surface area contributed by atoms with Crippen molar-refractivity contribution < 1.29 is 13.9 Å². The van der Waals surface area contributed by atoms with Gasteiger partial charge in [0.25, 0.3) is 5.56 Å². The lowest BCUT2D eigenvalue weighted by Crippen LogP contribution is -2.57. The number of pyridine rings is 1. The van der Waals surface area contributed by atoms with E-state index in [4.69, 9.17) is 27.9 Å². The van der Waals surface area contributed by atoms with Crippen molar-refractivity contribution in [1.82, 2.24) is 29.5 Å². The molecule has 14 heteroatoms. The average Bonchev–Trinajstić information content (AvgIpc) is 2.90. The zero-order valence-corrected chi connectivity index (χ0v) is 23.8. The minimum absolute atomic E-state index is 0.0341. The molecule has 210 valence electrons. The molecule has 5 rings (SSSR count). The van der Waals surface area contributed by atoms with Crippen LogP contribution in [0.1, 0.15) is 39.6 Å². The highest BCUT2D eigenvalue weighted by atomic mass is 35.5. The molecule has 0 saturated carbocycles. The molecule has 40 heavy (non-hydrogen) atoms. The summed E-state index contributed by atoms with van der Waals surface area (Å²) in [5, 5.41) is 5.30. The maximum Gasteiger partial charge on any atom is 0.410 e. The lowest BCUT2D eigenvalue weighted by atomic mass is 10.2. The number of nitrogens with one attached hydrogen (secondary N) is 1. The molecule has 4 aromatic rings. The Morgan fingerprint density at radius 1 is 1.05 bits per heavy atom. The molecule has 0 bridgehead atoms. The number of anilines is 1. The second kappa shape index (κ2) is 10.7. The van der Waals surface area contributed by atoms with Gasteiger partial charge in [0.05, 0.1) is 35.1 Å². The molecule has 0 radical (unpaired) electrons.